The maximum Gasteiger partial charge on any atom is 0.275 e. The zero-order chi connectivity index (χ0) is 17.6. The fourth-order valence-electron chi connectivity index (χ4n) is 2.04. The summed E-state index contributed by atoms with van der Waals surface area (Å²) in [6.07, 6.45) is 4.83. The number of carbonyl (C=O) groups excluding carboxylic acids is 1. The first-order chi connectivity index (χ1) is 12.1. The van der Waals surface area contributed by atoms with Gasteiger partial charge in [-0.2, -0.15) is 0 Å². The van der Waals surface area contributed by atoms with Gasteiger partial charge in [0.25, 0.3) is 5.91 Å². The van der Waals surface area contributed by atoms with Crippen LogP contribution in [0.15, 0.2) is 64.6 Å². The molecule has 0 unspecified atom stereocenters. The van der Waals surface area contributed by atoms with Crippen LogP contribution in [0, 0.1) is 6.92 Å². The highest BCUT2D eigenvalue weighted by Crippen LogP contribution is 2.23. The van der Waals surface area contributed by atoms with E-state index in [-0.39, 0.29) is 5.91 Å². The van der Waals surface area contributed by atoms with Crippen molar-refractivity contribution in [2.75, 3.05) is 5.32 Å². The molecule has 0 spiro atoms. The van der Waals surface area contributed by atoms with Crippen molar-refractivity contribution in [2.45, 2.75) is 17.8 Å². The normalized spacial score (nSPS) is 10.5. The summed E-state index contributed by atoms with van der Waals surface area (Å²) >= 11 is 4.83. The van der Waals surface area contributed by atoms with E-state index >= 15 is 0 Å². The van der Waals surface area contributed by atoms with Crippen molar-refractivity contribution < 1.29 is 4.79 Å². The number of anilines is 1. The Hall–Kier alpha value is -2.25. The Morgan fingerprint density at radius 3 is 2.72 bits per heavy atom. The van der Waals surface area contributed by atoms with Crippen LogP contribution in [0.1, 0.15) is 21.6 Å². The van der Waals surface area contributed by atoms with Gasteiger partial charge in [-0.15, -0.1) is 0 Å². The molecule has 3 rings (SSSR count). The quantitative estimate of drug-likeness (QED) is 0.491. The van der Waals surface area contributed by atoms with Gasteiger partial charge in [-0.25, -0.2) is 9.97 Å². The van der Waals surface area contributed by atoms with Gasteiger partial charge in [-0.3, -0.25) is 9.78 Å². The number of nitrogens with one attached hydrogen (secondary N) is 1. The minimum absolute atomic E-state index is 0.297. The minimum Gasteiger partial charge on any atom is -0.319 e. The molecule has 2 heterocycles. The Bertz CT molecular complexity index is 872. The molecule has 1 N–H and O–H groups in total. The Kier molecular flexibility index (Phi) is 5.78. The lowest BCUT2D eigenvalue weighted by molar-refractivity contribution is 0.102. The van der Waals surface area contributed by atoms with Crippen LogP contribution < -0.4 is 5.32 Å². The molecule has 0 aliphatic heterocycles. The van der Waals surface area contributed by atoms with Crippen molar-refractivity contribution in [2.24, 2.45) is 0 Å². The standard InChI is InChI=1S/C18H15BrN4OS/c1-12-4-6-13(7-5-12)11-25-18-21-10-15(19)16(23-18)17(24)22-14-3-2-8-20-9-14/h2-10H,11H2,1H3,(H,22,24). The number of aromatic nitrogens is 3. The highest BCUT2D eigenvalue weighted by Gasteiger charge is 2.14. The van der Waals surface area contributed by atoms with Crippen LogP contribution in [-0.2, 0) is 5.75 Å². The third-order valence-electron chi connectivity index (χ3n) is 3.35. The SMILES string of the molecule is Cc1ccc(CSc2ncc(Br)c(C(=O)Nc3cccnc3)n2)cc1. The van der Waals surface area contributed by atoms with Crippen molar-refractivity contribution >= 4 is 39.3 Å². The summed E-state index contributed by atoms with van der Waals surface area (Å²) in [5.41, 5.74) is 3.32. The number of aryl methyl sites for hydroxylation is 1. The highest BCUT2D eigenvalue weighted by atomic mass is 79.9. The third-order valence-corrected chi connectivity index (χ3v) is 4.86. The second-order valence-electron chi connectivity index (χ2n) is 5.32. The van der Waals surface area contributed by atoms with Crippen molar-refractivity contribution in [1.82, 2.24) is 15.0 Å². The summed E-state index contributed by atoms with van der Waals surface area (Å²) in [7, 11) is 0. The number of amides is 1. The minimum atomic E-state index is -0.306. The molecule has 25 heavy (non-hydrogen) atoms. The summed E-state index contributed by atoms with van der Waals surface area (Å²) in [6, 6.07) is 11.8. The maximum atomic E-state index is 12.4. The zero-order valence-corrected chi connectivity index (χ0v) is 15.8. The number of nitrogens with zero attached hydrogens (tertiary/aromatic N) is 3. The van der Waals surface area contributed by atoms with E-state index in [4.69, 9.17) is 0 Å². The summed E-state index contributed by atoms with van der Waals surface area (Å²) in [4.78, 5) is 25.1. The van der Waals surface area contributed by atoms with Crippen LogP contribution in [0.2, 0.25) is 0 Å². The molecule has 7 heteroatoms. The van der Waals surface area contributed by atoms with Gasteiger partial charge in [0.2, 0.25) is 0 Å². The fraction of sp³-hybridized carbons (Fsp3) is 0.111. The molecule has 0 atom stereocenters. The molecule has 5 nitrogen and oxygen atoms in total. The molecule has 0 radical (unpaired) electrons. The van der Waals surface area contributed by atoms with Gasteiger partial charge in [0.1, 0.15) is 5.69 Å². The highest BCUT2D eigenvalue weighted by molar-refractivity contribution is 9.10. The van der Waals surface area contributed by atoms with Gasteiger partial charge in [0.15, 0.2) is 5.16 Å². The predicted octanol–water partition coefficient (Wildman–Crippen LogP) is 4.49. The molecule has 0 aliphatic carbocycles. The lowest BCUT2D eigenvalue weighted by Crippen LogP contribution is -2.15. The number of carbonyl (C=O) groups is 1. The first-order valence-electron chi connectivity index (χ1n) is 7.54. The number of halogens is 1. The summed E-state index contributed by atoms with van der Waals surface area (Å²) < 4.78 is 0.550. The van der Waals surface area contributed by atoms with Crippen molar-refractivity contribution in [3.63, 3.8) is 0 Å². The number of hydrogen-bond donors (Lipinski definition) is 1. The fourth-order valence-corrected chi connectivity index (χ4v) is 3.18. The molecule has 0 bridgehead atoms. The van der Waals surface area contributed by atoms with Crippen LogP contribution in [0.3, 0.4) is 0 Å². The molecule has 126 valence electrons. The summed E-state index contributed by atoms with van der Waals surface area (Å²) in [5, 5.41) is 3.33. The maximum absolute atomic E-state index is 12.4. The first kappa shape index (κ1) is 17.6. The average molecular weight is 415 g/mol. The summed E-state index contributed by atoms with van der Waals surface area (Å²) in [5.74, 6) is 0.436. The van der Waals surface area contributed by atoms with Crippen LogP contribution in [-0.4, -0.2) is 20.9 Å². The van der Waals surface area contributed by atoms with Gasteiger partial charge in [0.05, 0.1) is 16.4 Å². The largest absolute Gasteiger partial charge is 0.319 e. The molecule has 3 aromatic rings. The Morgan fingerprint density at radius 1 is 1.20 bits per heavy atom. The van der Waals surface area contributed by atoms with E-state index in [9.17, 15) is 4.79 Å². The van der Waals surface area contributed by atoms with Gasteiger partial charge in [-0.1, -0.05) is 41.6 Å². The van der Waals surface area contributed by atoms with Crippen LogP contribution >= 0.6 is 27.7 Å². The molecule has 0 fully saturated rings. The van der Waals surface area contributed by atoms with Crippen LogP contribution in [0.25, 0.3) is 0 Å². The predicted molar refractivity (Wildman–Crippen MR) is 103 cm³/mol. The van der Waals surface area contributed by atoms with Crippen LogP contribution in [0.4, 0.5) is 5.69 Å². The number of thioether (sulfide) groups is 1. The van der Waals surface area contributed by atoms with Crippen molar-refractivity contribution in [3.05, 3.63) is 76.3 Å². The van der Waals surface area contributed by atoms with Gasteiger partial charge < -0.3 is 5.32 Å². The van der Waals surface area contributed by atoms with E-state index < -0.39 is 0 Å². The average Bonchev–Trinajstić information content (AvgIpc) is 2.63. The first-order valence-corrected chi connectivity index (χ1v) is 9.32. The molecule has 1 aromatic carbocycles. The lowest BCUT2D eigenvalue weighted by atomic mass is 10.2. The number of pyridine rings is 1. The number of benzene rings is 1. The lowest BCUT2D eigenvalue weighted by Gasteiger charge is -2.07. The zero-order valence-electron chi connectivity index (χ0n) is 13.4. The number of rotatable bonds is 5. The second-order valence-corrected chi connectivity index (χ2v) is 7.12. The molecular formula is C18H15BrN4OS. The van der Waals surface area contributed by atoms with Gasteiger partial charge in [0, 0.05) is 18.1 Å². The Balaban J connectivity index is 1.71. The molecule has 2 aromatic heterocycles. The molecule has 1 amide bonds. The van der Waals surface area contributed by atoms with E-state index in [1.807, 2.05) is 0 Å². The third kappa shape index (κ3) is 4.87. The van der Waals surface area contributed by atoms with Gasteiger partial charge in [-0.05, 0) is 40.5 Å². The molecule has 0 saturated heterocycles. The van der Waals surface area contributed by atoms with Gasteiger partial charge >= 0.3 is 0 Å². The van der Waals surface area contributed by atoms with Crippen molar-refractivity contribution in [3.8, 4) is 0 Å². The number of hydrogen-bond acceptors (Lipinski definition) is 5. The monoisotopic (exact) mass is 414 g/mol. The van der Waals surface area contributed by atoms with E-state index in [0.717, 1.165) is 5.75 Å². The molecular weight excluding hydrogens is 400 g/mol. The summed E-state index contributed by atoms with van der Waals surface area (Å²) in [6.45, 7) is 2.06. The van der Waals surface area contributed by atoms with E-state index in [2.05, 4.69) is 67.4 Å². The van der Waals surface area contributed by atoms with Crippen LogP contribution in [0.5, 0.6) is 0 Å². The van der Waals surface area contributed by atoms with E-state index in [0.29, 0.717) is 21.0 Å². The topological polar surface area (TPSA) is 67.8 Å². The Labute approximate surface area is 158 Å². The smallest absolute Gasteiger partial charge is 0.275 e. The second kappa shape index (κ2) is 8.22. The van der Waals surface area contributed by atoms with E-state index in [1.54, 1.807) is 30.7 Å². The van der Waals surface area contributed by atoms with Crippen molar-refractivity contribution in [1.29, 1.82) is 0 Å². The molecule has 0 aliphatic rings. The Morgan fingerprint density at radius 2 is 2.00 bits per heavy atom. The molecule has 0 saturated carbocycles. The van der Waals surface area contributed by atoms with E-state index in [1.165, 1.54) is 22.9 Å².